The standard InChI is InChI=1S/C8H9N5O2S/c1-3(7(14)15)6-11-5-2-4(9)10-8(16)13(5)12-6/h2-3H,1H3,(H,11,12)(H,14,15)(H2,9,10,16). The van der Waals surface area contributed by atoms with Crippen molar-refractivity contribution in [1.29, 1.82) is 0 Å². The van der Waals surface area contributed by atoms with E-state index in [9.17, 15) is 4.79 Å². The van der Waals surface area contributed by atoms with Gasteiger partial charge in [-0.1, -0.05) is 0 Å². The van der Waals surface area contributed by atoms with Gasteiger partial charge < -0.3 is 10.8 Å². The number of H-pyrrole nitrogens is 1. The zero-order chi connectivity index (χ0) is 11.9. The Morgan fingerprint density at radius 3 is 3.00 bits per heavy atom. The second kappa shape index (κ2) is 3.56. The number of nitrogen functional groups attached to an aromatic ring is 1. The quantitative estimate of drug-likeness (QED) is 0.660. The molecule has 0 amide bonds. The molecule has 0 spiro atoms. The summed E-state index contributed by atoms with van der Waals surface area (Å²) >= 11 is 4.96. The third kappa shape index (κ3) is 1.63. The van der Waals surface area contributed by atoms with Crippen LogP contribution in [0.4, 0.5) is 5.82 Å². The molecule has 0 aromatic carbocycles. The molecule has 16 heavy (non-hydrogen) atoms. The summed E-state index contributed by atoms with van der Waals surface area (Å²) in [4.78, 5) is 18.7. The van der Waals surface area contributed by atoms with Gasteiger partial charge in [0, 0.05) is 6.07 Å². The highest BCUT2D eigenvalue weighted by Crippen LogP contribution is 2.13. The highest BCUT2D eigenvalue weighted by Gasteiger charge is 2.18. The maximum atomic E-state index is 10.8. The van der Waals surface area contributed by atoms with E-state index in [1.54, 1.807) is 0 Å². The molecule has 8 heteroatoms. The predicted octanol–water partition coefficient (Wildman–Crippen LogP) is 0.557. The number of hydrogen-bond acceptors (Lipinski definition) is 5. The lowest BCUT2D eigenvalue weighted by molar-refractivity contribution is -0.138. The predicted molar refractivity (Wildman–Crippen MR) is 58.6 cm³/mol. The van der Waals surface area contributed by atoms with Crippen molar-refractivity contribution < 1.29 is 9.90 Å². The van der Waals surface area contributed by atoms with E-state index >= 15 is 0 Å². The number of aliphatic carboxylic acids is 1. The number of aromatic nitrogens is 4. The van der Waals surface area contributed by atoms with E-state index in [1.165, 1.54) is 17.5 Å². The van der Waals surface area contributed by atoms with Crippen molar-refractivity contribution in [2.24, 2.45) is 0 Å². The molecule has 0 saturated carbocycles. The first kappa shape index (κ1) is 10.6. The fourth-order valence-electron chi connectivity index (χ4n) is 1.25. The van der Waals surface area contributed by atoms with Crippen LogP contribution in [0.25, 0.3) is 5.65 Å². The maximum Gasteiger partial charge on any atom is 0.313 e. The van der Waals surface area contributed by atoms with Gasteiger partial charge >= 0.3 is 5.97 Å². The average Bonchev–Trinajstić information content (AvgIpc) is 2.60. The maximum absolute atomic E-state index is 10.8. The Labute approximate surface area is 94.9 Å². The monoisotopic (exact) mass is 239 g/mol. The van der Waals surface area contributed by atoms with Gasteiger partial charge in [-0.15, -0.1) is 0 Å². The van der Waals surface area contributed by atoms with E-state index in [4.69, 9.17) is 23.1 Å². The summed E-state index contributed by atoms with van der Waals surface area (Å²) in [5, 5.41) is 11.6. The van der Waals surface area contributed by atoms with Crippen LogP contribution in [0, 0.1) is 4.77 Å². The number of hydrogen-bond donors (Lipinski definition) is 3. The molecular formula is C8H9N5O2S. The molecule has 2 heterocycles. The number of rotatable bonds is 2. The number of carbonyl (C=O) groups is 1. The minimum atomic E-state index is -0.966. The van der Waals surface area contributed by atoms with Crippen molar-refractivity contribution in [3.8, 4) is 0 Å². The topological polar surface area (TPSA) is 109 Å². The zero-order valence-corrected chi connectivity index (χ0v) is 9.15. The lowest BCUT2D eigenvalue weighted by Gasteiger charge is -1.98. The Morgan fingerprint density at radius 1 is 1.69 bits per heavy atom. The number of nitrogens with two attached hydrogens (primary N) is 1. The molecule has 0 radical (unpaired) electrons. The molecule has 1 unspecified atom stereocenters. The van der Waals surface area contributed by atoms with Crippen molar-refractivity contribution >= 4 is 29.7 Å². The summed E-state index contributed by atoms with van der Waals surface area (Å²) in [6, 6.07) is 1.52. The number of nitrogens with zero attached hydrogens (tertiary/aromatic N) is 3. The second-order valence-electron chi connectivity index (χ2n) is 3.33. The molecular weight excluding hydrogens is 230 g/mol. The average molecular weight is 239 g/mol. The molecule has 2 aromatic rings. The minimum Gasteiger partial charge on any atom is -0.481 e. The molecule has 0 aliphatic carbocycles. The normalized spacial score (nSPS) is 12.8. The Hall–Kier alpha value is -1.96. The number of carboxylic acid groups (broad SMARTS) is 1. The van der Waals surface area contributed by atoms with E-state index in [0.29, 0.717) is 11.5 Å². The molecule has 7 nitrogen and oxygen atoms in total. The van der Waals surface area contributed by atoms with Gasteiger partial charge in [0.05, 0.1) is 0 Å². The Kier molecular flexibility index (Phi) is 2.35. The summed E-state index contributed by atoms with van der Waals surface area (Å²) in [6.07, 6.45) is 0. The van der Waals surface area contributed by atoms with Gasteiger partial charge in [0.2, 0.25) is 4.77 Å². The number of carboxylic acids is 1. The van der Waals surface area contributed by atoms with Crippen LogP contribution in [0.15, 0.2) is 6.07 Å². The van der Waals surface area contributed by atoms with Gasteiger partial charge in [-0.3, -0.25) is 9.89 Å². The SMILES string of the molecule is CC(C(=O)O)c1nc2cc(N)nc(=S)n2[nH]1. The Balaban J connectivity index is 2.65. The molecule has 0 bridgehead atoms. The van der Waals surface area contributed by atoms with Crippen LogP contribution in [0.3, 0.4) is 0 Å². The van der Waals surface area contributed by atoms with Gasteiger partial charge in [-0.2, -0.15) is 0 Å². The molecule has 0 fully saturated rings. The highest BCUT2D eigenvalue weighted by atomic mass is 32.1. The smallest absolute Gasteiger partial charge is 0.313 e. The van der Waals surface area contributed by atoms with E-state index in [2.05, 4.69) is 15.1 Å². The highest BCUT2D eigenvalue weighted by molar-refractivity contribution is 7.71. The molecule has 2 rings (SSSR count). The number of nitrogens with one attached hydrogen (secondary N) is 1. The van der Waals surface area contributed by atoms with Crippen LogP contribution in [-0.4, -0.2) is 30.7 Å². The largest absolute Gasteiger partial charge is 0.481 e. The van der Waals surface area contributed by atoms with Crippen LogP contribution in [0.1, 0.15) is 18.7 Å². The molecule has 4 N–H and O–H groups in total. The summed E-state index contributed by atoms with van der Waals surface area (Å²) in [5.74, 6) is -1.14. The lowest BCUT2D eigenvalue weighted by atomic mass is 10.2. The zero-order valence-electron chi connectivity index (χ0n) is 8.34. The fraction of sp³-hybridized carbons (Fsp3) is 0.250. The van der Waals surface area contributed by atoms with Crippen molar-refractivity contribution in [3.05, 3.63) is 16.7 Å². The van der Waals surface area contributed by atoms with Crippen molar-refractivity contribution in [2.45, 2.75) is 12.8 Å². The third-order valence-electron chi connectivity index (χ3n) is 2.16. The van der Waals surface area contributed by atoms with Crippen LogP contribution >= 0.6 is 12.2 Å². The third-order valence-corrected chi connectivity index (χ3v) is 2.44. The van der Waals surface area contributed by atoms with E-state index in [-0.39, 0.29) is 10.6 Å². The molecule has 0 aliphatic rings. The van der Waals surface area contributed by atoms with Crippen LogP contribution < -0.4 is 5.73 Å². The second-order valence-corrected chi connectivity index (χ2v) is 3.69. The molecule has 1 atom stereocenters. The lowest BCUT2D eigenvalue weighted by Crippen LogP contribution is -2.09. The summed E-state index contributed by atoms with van der Waals surface area (Å²) in [6.45, 7) is 1.53. The van der Waals surface area contributed by atoms with Crippen molar-refractivity contribution in [2.75, 3.05) is 5.73 Å². The number of anilines is 1. The number of fused-ring (bicyclic) bond motifs is 1. The fourth-order valence-corrected chi connectivity index (χ4v) is 1.49. The summed E-state index contributed by atoms with van der Waals surface area (Å²) < 4.78 is 1.63. The number of aromatic amines is 1. The Bertz CT molecular complexity index is 616. The van der Waals surface area contributed by atoms with Crippen LogP contribution in [-0.2, 0) is 4.79 Å². The first-order valence-corrected chi connectivity index (χ1v) is 4.88. The van der Waals surface area contributed by atoms with E-state index in [1.807, 2.05) is 0 Å². The molecule has 0 saturated heterocycles. The van der Waals surface area contributed by atoms with Crippen molar-refractivity contribution in [3.63, 3.8) is 0 Å². The van der Waals surface area contributed by atoms with Crippen LogP contribution in [0.5, 0.6) is 0 Å². The summed E-state index contributed by atoms with van der Waals surface area (Å²) in [5.41, 5.74) is 5.97. The first-order chi connectivity index (χ1) is 7.49. The Morgan fingerprint density at radius 2 is 2.38 bits per heavy atom. The van der Waals surface area contributed by atoms with Gasteiger partial charge in [0.25, 0.3) is 0 Å². The van der Waals surface area contributed by atoms with Gasteiger partial charge in [-0.25, -0.2) is 14.5 Å². The molecule has 2 aromatic heterocycles. The van der Waals surface area contributed by atoms with Crippen molar-refractivity contribution in [1.82, 2.24) is 19.6 Å². The van der Waals surface area contributed by atoms with Gasteiger partial charge in [0.15, 0.2) is 5.65 Å². The van der Waals surface area contributed by atoms with Gasteiger partial charge in [-0.05, 0) is 19.1 Å². The molecule has 84 valence electrons. The van der Waals surface area contributed by atoms with Crippen LogP contribution in [0.2, 0.25) is 0 Å². The van der Waals surface area contributed by atoms with E-state index < -0.39 is 11.9 Å². The molecule has 0 aliphatic heterocycles. The van der Waals surface area contributed by atoms with Gasteiger partial charge in [0.1, 0.15) is 17.6 Å². The summed E-state index contributed by atoms with van der Waals surface area (Å²) in [7, 11) is 0. The van der Waals surface area contributed by atoms with E-state index in [0.717, 1.165) is 0 Å². The minimum absolute atomic E-state index is 0.214. The first-order valence-electron chi connectivity index (χ1n) is 4.47.